The van der Waals surface area contributed by atoms with Gasteiger partial charge >= 0.3 is 11.9 Å². The lowest BCUT2D eigenvalue weighted by Gasteiger charge is -2.13. The zero-order chi connectivity index (χ0) is 11.4. The number of carboxylic acids is 1. The maximum absolute atomic E-state index is 11.2. The molecule has 0 aromatic rings. The first kappa shape index (κ1) is 11.4. The molecule has 1 rings (SSSR count). The fourth-order valence-electron chi connectivity index (χ4n) is 1.12. The van der Waals surface area contributed by atoms with E-state index >= 15 is 0 Å². The zero-order valence-corrected chi connectivity index (χ0v) is 8.06. The number of rotatable bonds is 4. The number of aliphatic carboxylic acids is 1. The van der Waals surface area contributed by atoms with Crippen molar-refractivity contribution in [2.45, 2.75) is 12.8 Å². The predicted molar refractivity (Wildman–Crippen MR) is 48.7 cm³/mol. The lowest BCUT2D eigenvalue weighted by molar-refractivity contribution is -0.180. The van der Waals surface area contributed by atoms with E-state index in [1.807, 2.05) is 0 Å². The van der Waals surface area contributed by atoms with E-state index in [1.165, 1.54) is 5.06 Å². The number of hydrogen-bond acceptors (Lipinski definition) is 5. The molecule has 6 nitrogen and oxygen atoms in total. The third-order valence-electron chi connectivity index (χ3n) is 1.86. The number of carbonyl (C=O) groups is 3. The number of Topliss-reactive ketones (excluding diaryl/α,β-unsaturated/α-hetero) is 1. The molecular formula is C9H11NO5. The van der Waals surface area contributed by atoms with Gasteiger partial charge in [-0.2, -0.15) is 0 Å². The third-order valence-corrected chi connectivity index (χ3v) is 1.86. The summed E-state index contributed by atoms with van der Waals surface area (Å²) in [5, 5.41) is 9.61. The largest absolute Gasteiger partial charge is 0.481 e. The summed E-state index contributed by atoms with van der Waals surface area (Å²) in [5.74, 6) is -1.95. The molecule has 1 aliphatic heterocycles. The van der Waals surface area contributed by atoms with Crippen LogP contribution in [0.2, 0.25) is 0 Å². The molecule has 15 heavy (non-hydrogen) atoms. The summed E-state index contributed by atoms with van der Waals surface area (Å²) in [5.41, 5.74) is -0.137. The Morgan fingerprint density at radius 3 is 2.67 bits per heavy atom. The molecule has 0 saturated carbocycles. The van der Waals surface area contributed by atoms with Crippen molar-refractivity contribution < 1.29 is 24.3 Å². The number of nitrogens with zero attached hydrogens (tertiary/aromatic N) is 1. The molecule has 0 aromatic carbocycles. The second-order valence-electron chi connectivity index (χ2n) is 3.21. The first-order valence-electron chi connectivity index (χ1n) is 4.37. The van der Waals surface area contributed by atoms with Crippen molar-refractivity contribution in [3.63, 3.8) is 0 Å². The van der Waals surface area contributed by atoms with Crippen LogP contribution in [0, 0.1) is 0 Å². The highest BCUT2D eigenvalue weighted by molar-refractivity contribution is 5.93. The fraction of sp³-hybridized carbons (Fsp3) is 0.444. The van der Waals surface area contributed by atoms with Crippen molar-refractivity contribution in [1.29, 1.82) is 0 Å². The molecule has 6 heteroatoms. The van der Waals surface area contributed by atoms with Crippen LogP contribution in [0.3, 0.4) is 0 Å². The first-order valence-corrected chi connectivity index (χ1v) is 4.37. The van der Waals surface area contributed by atoms with Crippen molar-refractivity contribution in [2.24, 2.45) is 0 Å². The standard InChI is InChI=1S/C9H11NO5/c1-6(4-8(12)13)9(14)15-10-3-2-7(11)5-10/h1-5H2,(H,12,13). The summed E-state index contributed by atoms with van der Waals surface area (Å²) < 4.78 is 0. The number of ketones is 1. The van der Waals surface area contributed by atoms with Crippen molar-refractivity contribution in [3.8, 4) is 0 Å². The quantitative estimate of drug-likeness (QED) is 0.648. The molecular weight excluding hydrogens is 202 g/mol. The lowest BCUT2D eigenvalue weighted by Crippen LogP contribution is -2.26. The molecule has 0 atom stereocenters. The highest BCUT2D eigenvalue weighted by Gasteiger charge is 2.24. The second kappa shape index (κ2) is 4.70. The van der Waals surface area contributed by atoms with Crippen LogP contribution in [0.1, 0.15) is 12.8 Å². The van der Waals surface area contributed by atoms with Crippen LogP contribution >= 0.6 is 0 Å². The second-order valence-corrected chi connectivity index (χ2v) is 3.21. The summed E-state index contributed by atoms with van der Waals surface area (Å²) in [6, 6.07) is 0. The van der Waals surface area contributed by atoms with Gasteiger partial charge in [0.1, 0.15) is 0 Å². The normalized spacial score (nSPS) is 16.4. The molecule has 0 bridgehead atoms. The van der Waals surface area contributed by atoms with E-state index < -0.39 is 18.4 Å². The molecule has 0 unspecified atom stereocenters. The van der Waals surface area contributed by atoms with Gasteiger partial charge in [-0.05, 0) is 0 Å². The van der Waals surface area contributed by atoms with Gasteiger partial charge in [0.15, 0.2) is 5.78 Å². The van der Waals surface area contributed by atoms with Crippen LogP contribution < -0.4 is 0 Å². The monoisotopic (exact) mass is 213 g/mol. The average molecular weight is 213 g/mol. The van der Waals surface area contributed by atoms with Crippen LogP contribution in [0.25, 0.3) is 0 Å². The Kier molecular flexibility index (Phi) is 3.56. The van der Waals surface area contributed by atoms with Crippen LogP contribution in [0.5, 0.6) is 0 Å². The molecule has 0 aliphatic carbocycles. The highest BCUT2D eigenvalue weighted by atomic mass is 16.7. The molecule has 1 fully saturated rings. The molecule has 0 radical (unpaired) electrons. The van der Waals surface area contributed by atoms with E-state index in [1.54, 1.807) is 0 Å². The highest BCUT2D eigenvalue weighted by Crippen LogP contribution is 2.08. The Hall–Kier alpha value is -1.69. The van der Waals surface area contributed by atoms with Gasteiger partial charge < -0.3 is 9.94 Å². The summed E-state index contributed by atoms with van der Waals surface area (Å²) in [4.78, 5) is 37.1. The summed E-state index contributed by atoms with van der Waals surface area (Å²) in [7, 11) is 0. The number of carboxylic acid groups (broad SMARTS) is 1. The van der Waals surface area contributed by atoms with Crippen LogP contribution in [-0.2, 0) is 19.2 Å². The Balaban J connectivity index is 2.38. The van der Waals surface area contributed by atoms with Crippen molar-refractivity contribution in [1.82, 2.24) is 5.06 Å². The SMILES string of the molecule is C=C(CC(=O)O)C(=O)ON1CCC(=O)C1. The molecule has 1 saturated heterocycles. The van der Waals surface area contributed by atoms with E-state index in [9.17, 15) is 14.4 Å². The fourth-order valence-corrected chi connectivity index (χ4v) is 1.12. The summed E-state index contributed by atoms with van der Waals surface area (Å²) in [6.45, 7) is 3.70. The van der Waals surface area contributed by atoms with Gasteiger partial charge in [-0.1, -0.05) is 6.58 Å². The molecule has 0 aromatic heterocycles. The third kappa shape index (κ3) is 3.51. The van der Waals surface area contributed by atoms with Gasteiger partial charge in [-0.25, -0.2) is 4.79 Å². The molecule has 82 valence electrons. The van der Waals surface area contributed by atoms with Crippen molar-refractivity contribution >= 4 is 17.7 Å². The minimum Gasteiger partial charge on any atom is -0.481 e. The van der Waals surface area contributed by atoms with Gasteiger partial charge in [-0.15, -0.1) is 5.06 Å². The molecule has 1 N–H and O–H groups in total. The Morgan fingerprint density at radius 1 is 1.53 bits per heavy atom. The summed E-state index contributed by atoms with van der Waals surface area (Å²) >= 11 is 0. The zero-order valence-electron chi connectivity index (χ0n) is 8.06. The van der Waals surface area contributed by atoms with Gasteiger partial charge in [0.25, 0.3) is 0 Å². The average Bonchev–Trinajstić information content (AvgIpc) is 2.50. The van der Waals surface area contributed by atoms with Crippen LogP contribution in [0.15, 0.2) is 12.2 Å². The summed E-state index contributed by atoms with van der Waals surface area (Å²) in [6.07, 6.45) is -0.112. The number of carbonyl (C=O) groups excluding carboxylic acids is 2. The van der Waals surface area contributed by atoms with E-state index in [0.717, 1.165) is 0 Å². The van der Waals surface area contributed by atoms with Gasteiger partial charge in [0, 0.05) is 18.5 Å². The number of hydroxylamine groups is 2. The first-order chi connectivity index (χ1) is 6.99. The maximum atomic E-state index is 11.2. The van der Waals surface area contributed by atoms with E-state index in [4.69, 9.17) is 9.94 Å². The van der Waals surface area contributed by atoms with Crippen molar-refractivity contribution in [2.75, 3.05) is 13.1 Å². The Labute approximate surface area is 86.1 Å². The van der Waals surface area contributed by atoms with E-state index in [-0.39, 0.29) is 17.9 Å². The Bertz CT molecular complexity index is 322. The van der Waals surface area contributed by atoms with Gasteiger partial charge in [0.05, 0.1) is 13.0 Å². The smallest absolute Gasteiger partial charge is 0.352 e. The van der Waals surface area contributed by atoms with E-state index in [2.05, 4.69) is 6.58 Å². The number of hydrogen-bond donors (Lipinski definition) is 1. The minimum atomic E-state index is -1.14. The predicted octanol–water partition coefficient (Wildman–Crippen LogP) is -0.250. The minimum absolute atomic E-state index is 0.00773. The van der Waals surface area contributed by atoms with Crippen LogP contribution in [-0.4, -0.2) is 41.0 Å². The molecule has 1 aliphatic rings. The molecule has 0 spiro atoms. The molecule has 1 heterocycles. The lowest BCUT2D eigenvalue weighted by atomic mass is 10.2. The Morgan fingerprint density at radius 2 is 2.20 bits per heavy atom. The maximum Gasteiger partial charge on any atom is 0.352 e. The topological polar surface area (TPSA) is 83.9 Å². The molecule has 0 amide bonds. The van der Waals surface area contributed by atoms with E-state index in [0.29, 0.717) is 13.0 Å². The van der Waals surface area contributed by atoms with Gasteiger partial charge in [0.2, 0.25) is 0 Å². The van der Waals surface area contributed by atoms with Gasteiger partial charge in [-0.3, -0.25) is 9.59 Å². The van der Waals surface area contributed by atoms with Crippen LogP contribution in [0.4, 0.5) is 0 Å². The van der Waals surface area contributed by atoms with Crippen molar-refractivity contribution in [3.05, 3.63) is 12.2 Å².